The van der Waals surface area contributed by atoms with Crippen molar-refractivity contribution in [1.29, 1.82) is 0 Å². The van der Waals surface area contributed by atoms with Crippen molar-refractivity contribution in [2.75, 3.05) is 19.7 Å². The summed E-state index contributed by atoms with van der Waals surface area (Å²) in [4.78, 5) is 23.1. The summed E-state index contributed by atoms with van der Waals surface area (Å²) in [5.74, 6) is 1.01. The van der Waals surface area contributed by atoms with Crippen molar-refractivity contribution in [3.05, 3.63) is 29.8 Å². The largest absolute Gasteiger partial charge is 0.492 e. The molecule has 1 aromatic carbocycles. The van der Waals surface area contributed by atoms with Gasteiger partial charge in [-0.15, -0.1) is 0 Å². The minimum absolute atomic E-state index is 0.218. The second-order valence-corrected chi connectivity index (χ2v) is 5.37. The van der Waals surface area contributed by atoms with Crippen LogP contribution in [-0.2, 0) is 4.74 Å². The predicted octanol–water partition coefficient (Wildman–Crippen LogP) is 1.31. The quantitative estimate of drug-likeness (QED) is 0.828. The molecule has 1 aliphatic carbocycles. The zero-order valence-corrected chi connectivity index (χ0v) is 11.6. The van der Waals surface area contributed by atoms with E-state index >= 15 is 0 Å². The molecule has 2 amide bonds. The van der Waals surface area contributed by atoms with Crippen LogP contribution in [0.25, 0.3) is 0 Å². The van der Waals surface area contributed by atoms with Crippen molar-refractivity contribution in [1.82, 2.24) is 10.6 Å². The van der Waals surface area contributed by atoms with Crippen LogP contribution in [-0.4, -0.2) is 37.8 Å². The molecule has 2 fully saturated rings. The van der Waals surface area contributed by atoms with Crippen LogP contribution in [0.15, 0.2) is 24.3 Å². The number of rotatable bonds is 6. The van der Waals surface area contributed by atoms with Crippen LogP contribution in [0.4, 0.5) is 4.79 Å². The average molecular weight is 290 g/mol. The summed E-state index contributed by atoms with van der Waals surface area (Å²) in [5.41, 5.74) is 0.510. The van der Waals surface area contributed by atoms with Gasteiger partial charge in [0.2, 0.25) is 0 Å². The molecule has 2 N–H and O–H groups in total. The van der Waals surface area contributed by atoms with Gasteiger partial charge in [0.05, 0.1) is 25.3 Å². The van der Waals surface area contributed by atoms with Gasteiger partial charge in [-0.05, 0) is 30.9 Å². The van der Waals surface area contributed by atoms with E-state index in [4.69, 9.17) is 9.47 Å². The smallest absolute Gasteiger partial charge is 0.407 e. The number of ether oxygens (including phenoxy) is 2. The van der Waals surface area contributed by atoms with Gasteiger partial charge in [-0.3, -0.25) is 4.79 Å². The van der Waals surface area contributed by atoms with Crippen LogP contribution in [0.1, 0.15) is 23.2 Å². The highest BCUT2D eigenvalue weighted by Gasteiger charge is 2.25. The first-order valence-electron chi connectivity index (χ1n) is 7.17. The van der Waals surface area contributed by atoms with Gasteiger partial charge in [0, 0.05) is 0 Å². The van der Waals surface area contributed by atoms with Crippen molar-refractivity contribution in [3.63, 3.8) is 0 Å². The molecule has 1 saturated heterocycles. The van der Waals surface area contributed by atoms with Gasteiger partial charge in [-0.1, -0.05) is 12.1 Å². The average Bonchev–Trinajstić information content (AvgIpc) is 3.24. The number of carbonyl (C=O) groups is 2. The number of cyclic esters (lactones) is 1. The monoisotopic (exact) mass is 290 g/mol. The van der Waals surface area contributed by atoms with Crippen LogP contribution < -0.4 is 15.4 Å². The molecule has 21 heavy (non-hydrogen) atoms. The molecular formula is C15H18N2O4. The van der Waals surface area contributed by atoms with Gasteiger partial charge in [-0.25, -0.2) is 4.79 Å². The Balaban J connectivity index is 1.56. The molecule has 1 heterocycles. The van der Waals surface area contributed by atoms with E-state index in [9.17, 15) is 9.59 Å². The predicted molar refractivity (Wildman–Crippen MR) is 75.3 cm³/mol. The minimum atomic E-state index is -0.442. The lowest BCUT2D eigenvalue weighted by Gasteiger charge is -2.13. The first-order valence-corrected chi connectivity index (χ1v) is 7.17. The molecule has 112 valence electrons. The van der Waals surface area contributed by atoms with Gasteiger partial charge < -0.3 is 20.1 Å². The Kier molecular flexibility index (Phi) is 3.94. The summed E-state index contributed by atoms with van der Waals surface area (Å²) >= 11 is 0. The number of benzene rings is 1. The number of para-hydroxylation sites is 1. The Morgan fingerprint density at radius 2 is 2.19 bits per heavy atom. The maximum atomic E-state index is 12.2. The maximum Gasteiger partial charge on any atom is 0.407 e. The Bertz CT molecular complexity index is 542. The molecule has 6 nitrogen and oxygen atoms in total. The summed E-state index contributed by atoms with van der Waals surface area (Å²) in [6.45, 7) is 1.36. The third kappa shape index (κ3) is 3.65. The molecule has 3 rings (SSSR count). The number of amides is 2. The van der Waals surface area contributed by atoms with Crippen molar-refractivity contribution in [2.24, 2.45) is 5.92 Å². The van der Waals surface area contributed by atoms with Gasteiger partial charge in [-0.2, -0.15) is 0 Å². The molecule has 1 saturated carbocycles. The normalized spacial score (nSPS) is 20.6. The fraction of sp³-hybridized carbons (Fsp3) is 0.467. The lowest BCUT2D eigenvalue weighted by atomic mass is 10.2. The molecule has 6 heteroatoms. The van der Waals surface area contributed by atoms with Gasteiger partial charge >= 0.3 is 6.09 Å². The first-order chi connectivity index (χ1) is 10.2. The topological polar surface area (TPSA) is 76.7 Å². The van der Waals surface area contributed by atoms with E-state index in [2.05, 4.69) is 10.6 Å². The maximum absolute atomic E-state index is 12.2. The third-order valence-corrected chi connectivity index (χ3v) is 3.54. The summed E-state index contributed by atoms with van der Waals surface area (Å²) in [7, 11) is 0. The van der Waals surface area contributed by atoms with Crippen LogP contribution in [0.5, 0.6) is 5.75 Å². The Hall–Kier alpha value is -2.24. The zero-order chi connectivity index (χ0) is 14.7. The number of hydrogen-bond acceptors (Lipinski definition) is 4. The lowest BCUT2D eigenvalue weighted by Crippen LogP contribution is -2.34. The Morgan fingerprint density at radius 3 is 2.90 bits per heavy atom. The number of hydrogen-bond donors (Lipinski definition) is 2. The Morgan fingerprint density at radius 1 is 1.38 bits per heavy atom. The highest BCUT2D eigenvalue weighted by Crippen LogP contribution is 2.30. The van der Waals surface area contributed by atoms with E-state index in [0.717, 1.165) is 0 Å². The molecule has 0 spiro atoms. The standard InChI is InChI=1S/C15H18N2O4/c18-14(16-7-11-8-17-15(19)21-11)12-3-1-2-4-13(12)20-9-10-5-6-10/h1-4,10-11H,5-9H2,(H,16,18)(H,17,19)/t11-/m0/s1. The zero-order valence-electron chi connectivity index (χ0n) is 11.6. The molecular weight excluding hydrogens is 272 g/mol. The molecule has 1 aromatic rings. The third-order valence-electron chi connectivity index (χ3n) is 3.54. The van der Waals surface area contributed by atoms with E-state index < -0.39 is 6.09 Å². The highest BCUT2D eigenvalue weighted by atomic mass is 16.6. The number of carbonyl (C=O) groups excluding carboxylic acids is 2. The molecule has 2 aliphatic rings. The lowest BCUT2D eigenvalue weighted by molar-refractivity contribution is 0.0911. The molecule has 0 unspecified atom stereocenters. The Labute approximate surface area is 122 Å². The molecule has 0 aromatic heterocycles. The van der Waals surface area contributed by atoms with Crippen molar-refractivity contribution in [2.45, 2.75) is 18.9 Å². The van der Waals surface area contributed by atoms with Crippen LogP contribution >= 0.6 is 0 Å². The SMILES string of the molecule is O=C1NC[C@H](CNC(=O)c2ccccc2OCC2CC2)O1. The fourth-order valence-corrected chi connectivity index (χ4v) is 2.12. The summed E-state index contributed by atoms with van der Waals surface area (Å²) in [6, 6.07) is 7.18. The van der Waals surface area contributed by atoms with Gasteiger partial charge in [0.1, 0.15) is 11.9 Å². The number of nitrogens with one attached hydrogen (secondary N) is 2. The van der Waals surface area contributed by atoms with Crippen LogP contribution in [0.2, 0.25) is 0 Å². The summed E-state index contributed by atoms with van der Waals surface area (Å²) in [6.07, 6.45) is 1.64. The van der Waals surface area contributed by atoms with Gasteiger partial charge in [0.25, 0.3) is 5.91 Å². The highest BCUT2D eigenvalue weighted by molar-refractivity contribution is 5.96. The van der Waals surface area contributed by atoms with E-state index in [1.807, 2.05) is 6.07 Å². The summed E-state index contributed by atoms with van der Waals surface area (Å²) in [5, 5.41) is 5.32. The van der Waals surface area contributed by atoms with Crippen molar-refractivity contribution >= 4 is 12.0 Å². The number of alkyl carbamates (subject to hydrolysis) is 1. The fourth-order valence-electron chi connectivity index (χ4n) is 2.12. The molecule has 1 aliphatic heterocycles. The first kappa shape index (κ1) is 13.7. The second-order valence-electron chi connectivity index (χ2n) is 5.37. The van der Waals surface area contributed by atoms with Crippen LogP contribution in [0, 0.1) is 5.92 Å². The van der Waals surface area contributed by atoms with E-state index in [0.29, 0.717) is 30.4 Å². The molecule has 1 atom stereocenters. The van der Waals surface area contributed by atoms with Gasteiger partial charge in [0.15, 0.2) is 0 Å². The second kappa shape index (κ2) is 6.03. The van der Waals surface area contributed by atoms with Crippen molar-refractivity contribution in [3.8, 4) is 5.75 Å². The van der Waals surface area contributed by atoms with E-state index in [-0.39, 0.29) is 18.6 Å². The molecule has 0 radical (unpaired) electrons. The van der Waals surface area contributed by atoms with Crippen molar-refractivity contribution < 1.29 is 19.1 Å². The molecule has 0 bridgehead atoms. The summed E-state index contributed by atoms with van der Waals surface area (Å²) < 4.78 is 10.7. The van der Waals surface area contributed by atoms with Crippen LogP contribution in [0.3, 0.4) is 0 Å². The van der Waals surface area contributed by atoms with E-state index in [1.165, 1.54) is 12.8 Å². The minimum Gasteiger partial charge on any atom is -0.492 e. The van der Waals surface area contributed by atoms with E-state index in [1.54, 1.807) is 18.2 Å².